The van der Waals surface area contributed by atoms with E-state index in [0.717, 1.165) is 5.92 Å². The minimum absolute atomic E-state index is 0.865. The minimum atomic E-state index is 0.865. The highest BCUT2D eigenvalue weighted by Crippen LogP contribution is 2.37. The molecule has 0 unspecified atom stereocenters. The van der Waals surface area contributed by atoms with Crippen molar-refractivity contribution in [3.05, 3.63) is 34.9 Å². The zero-order valence-electron chi connectivity index (χ0n) is 13.6. The van der Waals surface area contributed by atoms with Crippen molar-refractivity contribution in [1.82, 2.24) is 0 Å². The Morgan fingerprint density at radius 3 is 1.90 bits per heavy atom. The van der Waals surface area contributed by atoms with Crippen LogP contribution in [0.25, 0.3) is 0 Å². The Kier molecular flexibility index (Phi) is 6.63. The second-order valence-corrected chi connectivity index (χ2v) is 6.53. The summed E-state index contributed by atoms with van der Waals surface area (Å²) < 4.78 is 0. The van der Waals surface area contributed by atoms with E-state index in [1.165, 1.54) is 70.6 Å². The fourth-order valence-corrected chi connectivity index (χ4v) is 3.75. The van der Waals surface area contributed by atoms with Crippen LogP contribution in [0.1, 0.15) is 94.2 Å². The van der Waals surface area contributed by atoms with Gasteiger partial charge in [-0.05, 0) is 61.1 Å². The van der Waals surface area contributed by atoms with Gasteiger partial charge in [0.1, 0.15) is 0 Å². The lowest BCUT2D eigenvalue weighted by molar-refractivity contribution is 0.438. The summed E-state index contributed by atoms with van der Waals surface area (Å²) in [5.41, 5.74) is 5.12. The molecule has 0 amide bonds. The quantitative estimate of drug-likeness (QED) is 0.537. The molecule has 2 rings (SSSR count). The van der Waals surface area contributed by atoms with Gasteiger partial charge in [0.25, 0.3) is 0 Å². The van der Waals surface area contributed by atoms with Gasteiger partial charge in [-0.1, -0.05) is 64.2 Å². The Balaban J connectivity index is 2.24. The first-order chi connectivity index (χ1) is 9.86. The highest BCUT2D eigenvalue weighted by atomic mass is 14.3. The Morgan fingerprint density at radius 1 is 0.850 bits per heavy atom. The van der Waals surface area contributed by atoms with Crippen LogP contribution in [-0.2, 0) is 12.8 Å². The molecule has 1 aliphatic carbocycles. The first-order valence-corrected chi connectivity index (χ1v) is 8.97. The summed E-state index contributed by atoms with van der Waals surface area (Å²) in [6.07, 6.45) is 15.1. The van der Waals surface area contributed by atoms with Gasteiger partial charge in [-0.2, -0.15) is 0 Å². The van der Waals surface area contributed by atoms with Gasteiger partial charge < -0.3 is 0 Å². The van der Waals surface area contributed by atoms with Gasteiger partial charge in [-0.15, -0.1) is 0 Å². The smallest absolute Gasteiger partial charge is 0.0157 e. The standard InChI is InChI=1S/C20H32/c1-3-5-11-17-15-10-16-18(12-6-4-2)20(17)19-13-8-7-9-14-19/h10,15-16,19H,3-9,11-14H2,1-2H3. The lowest BCUT2D eigenvalue weighted by Crippen LogP contribution is -2.11. The molecule has 0 bridgehead atoms. The van der Waals surface area contributed by atoms with Crippen molar-refractivity contribution in [1.29, 1.82) is 0 Å². The molecule has 112 valence electrons. The van der Waals surface area contributed by atoms with E-state index in [9.17, 15) is 0 Å². The van der Waals surface area contributed by atoms with E-state index in [2.05, 4.69) is 32.0 Å². The van der Waals surface area contributed by atoms with Crippen molar-refractivity contribution in [3.8, 4) is 0 Å². The Labute approximate surface area is 126 Å². The molecule has 0 radical (unpaired) electrons. The molecular formula is C20H32. The summed E-state index contributed by atoms with van der Waals surface area (Å²) in [6, 6.07) is 7.13. The van der Waals surface area contributed by atoms with E-state index < -0.39 is 0 Å². The average Bonchev–Trinajstić information content (AvgIpc) is 2.51. The molecule has 20 heavy (non-hydrogen) atoms. The van der Waals surface area contributed by atoms with Crippen LogP contribution in [0.3, 0.4) is 0 Å². The zero-order valence-corrected chi connectivity index (χ0v) is 13.6. The van der Waals surface area contributed by atoms with Crippen LogP contribution in [0.5, 0.6) is 0 Å². The van der Waals surface area contributed by atoms with Gasteiger partial charge >= 0.3 is 0 Å². The molecule has 0 atom stereocenters. The van der Waals surface area contributed by atoms with E-state index in [1.54, 1.807) is 16.7 Å². The summed E-state index contributed by atoms with van der Waals surface area (Å²) in [5.74, 6) is 0.865. The van der Waals surface area contributed by atoms with E-state index in [4.69, 9.17) is 0 Å². The van der Waals surface area contributed by atoms with Crippen molar-refractivity contribution in [2.45, 2.75) is 90.4 Å². The maximum absolute atomic E-state index is 2.41. The molecule has 0 heteroatoms. The number of unbranched alkanes of at least 4 members (excludes halogenated alkanes) is 2. The monoisotopic (exact) mass is 272 g/mol. The fourth-order valence-electron chi connectivity index (χ4n) is 3.75. The van der Waals surface area contributed by atoms with Crippen molar-refractivity contribution < 1.29 is 0 Å². The molecule has 0 N–H and O–H groups in total. The molecule has 1 fully saturated rings. The average molecular weight is 272 g/mol. The van der Waals surface area contributed by atoms with Crippen LogP contribution < -0.4 is 0 Å². The van der Waals surface area contributed by atoms with Crippen LogP contribution in [0, 0.1) is 0 Å². The molecule has 1 aromatic rings. The Hall–Kier alpha value is -0.780. The maximum Gasteiger partial charge on any atom is -0.0157 e. The first-order valence-electron chi connectivity index (χ1n) is 8.97. The predicted molar refractivity (Wildman–Crippen MR) is 89.5 cm³/mol. The van der Waals surface area contributed by atoms with Crippen molar-refractivity contribution >= 4 is 0 Å². The predicted octanol–water partition coefficient (Wildman–Crippen LogP) is 6.42. The summed E-state index contributed by atoms with van der Waals surface area (Å²) in [7, 11) is 0. The minimum Gasteiger partial charge on any atom is -0.0654 e. The third kappa shape index (κ3) is 4.11. The largest absolute Gasteiger partial charge is 0.0654 e. The topological polar surface area (TPSA) is 0 Å². The van der Waals surface area contributed by atoms with Crippen LogP contribution in [-0.4, -0.2) is 0 Å². The summed E-state index contributed by atoms with van der Waals surface area (Å²) in [5, 5.41) is 0. The SMILES string of the molecule is CCCCc1cccc(CCCC)c1C1CCCCC1. The third-order valence-electron chi connectivity index (χ3n) is 4.90. The Morgan fingerprint density at radius 2 is 1.40 bits per heavy atom. The van der Waals surface area contributed by atoms with Gasteiger partial charge in [0.2, 0.25) is 0 Å². The molecule has 1 saturated carbocycles. The number of hydrogen-bond acceptors (Lipinski definition) is 0. The second kappa shape index (κ2) is 8.49. The molecule has 0 nitrogen and oxygen atoms in total. The summed E-state index contributed by atoms with van der Waals surface area (Å²) in [4.78, 5) is 0. The fraction of sp³-hybridized carbons (Fsp3) is 0.700. The van der Waals surface area contributed by atoms with Gasteiger partial charge in [0.15, 0.2) is 0 Å². The van der Waals surface area contributed by atoms with E-state index in [1.807, 2.05) is 0 Å². The second-order valence-electron chi connectivity index (χ2n) is 6.53. The molecule has 0 saturated heterocycles. The van der Waals surface area contributed by atoms with Crippen LogP contribution in [0.2, 0.25) is 0 Å². The van der Waals surface area contributed by atoms with Crippen molar-refractivity contribution in [2.24, 2.45) is 0 Å². The molecule has 0 heterocycles. The molecule has 0 spiro atoms. The summed E-state index contributed by atoms with van der Waals surface area (Å²) >= 11 is 0. The lowest BCUT2D eigenvalue weighted by atomic mass is 9.78. The van der Waals surface area contributed by atoms with Crippen molar-refractivity contribution in [2.75, 3.05) is 0 Å². The van der Waals surface area contributed by atoms with Gasteiger partial charge in [0.05, 0.1) is 0 Å². The third-order valence-corrected chi connectivity index (χ3v) is 4.90. The molecule has 0 aromatic heterocycles. The van der Waals surface area contributed by atoms with Gasteiger partial charge in [-0.25, -0.2) is 0 Å². The molecule has 0 aliphatic heterocycles. The lowest BCUT2D eigenvalue weighted by Gasteiger charge is -2.27. The number of hydrogen-bond donors (Lipinski definition) is 0. The number of aryl methyl sites for hydroxylation is 2. The van der Waals surface area contributed by atoms with Crippen LogP contribution >= 0.6 is 0 Å². The highest BCUT2D eigenvalue weighted by molar-refractivity contribution is 5.39. The van der Waals surface area contributed by atoms with Gasteiger partial charge in [0, 0.05) is 0 Å². The molecular weight excluding hydrogens is 240 g/mol. The first kappa shape index (κ1) is 15.6. The van der Waals surface area contributed by atoms with Crippen LogP contribution in [0.15, 0.2) is 18.2 Å². The van der Waals surface area contributed by atoms with Crippen LogP contribution in [0.4, 0.5) is 0 Å². The Bertz CT molecular complexity index is 359. The van der Waals surface area contributed by atoms with E-state index in [-0.39, 0.29) is 0 Å². The summed E-state index contributed by atoms with van der Waals surface area (Å²) in [6.45, 7) is 4.61. The highest BCUT2D eigenvalue weighted by Gasteiger charge is 2.20. The zero-order chi connectivity index (χ0) is 14.2. The number of rotatable bonds is 7. The van der Waals surface area contributed by atoms with Gasteiger partial charge in [-0.3, -0.25) is 0 Å². The van der Waals surface area contributed by atoms with E-state index >= 15 is 0 Å². The van der Waals surface area contributed by atoms with Crippen molar-refractivity contribution in [3.63, 3.8) is 0 Å². The maximum atomic E-state index is 2.41. The normalized spacial score (nSPS) is 16.5. The molecule has 1 aliphatic rings. The number of benzene rings is 1. The van der Waals surface area contributed by atoms with E-state index in [0.29, 0.717) is 0 Å². The molecule has 1 aromatic carbocycles.